The number of hydrogen-bond acceptors (Lipinski definition) is 2. The van der Waals surface area contributed by atoms with Gasteiger partial charge in [-0.1, -0.05) is 20.8 Å². The van der Waals surface area contributed by atoms with Crippen molar-refractivity contribution in [3.05, 3.63) is 0 Å². The summed E-state index contributed by atoms with van der Waals surface area (Å²) >= 11 is 0. The summed E-state index contributed by atoms with van der Waals surface area (Å²) in [6.45, 7) is 8.86. The van der Waals surface area contributed by atoms with E-state index in [-0.39, 0.29) is 17.9 Å². The van der Waals surface area contributed by atoms with Gasteiger partial charge in [0.05, 0.1) is 0 Å². The molecule has 4 heteroatoms. The fraction of sp³-hybridized carbons (Fsp3) is 0.867. The minimum Gasteiger partial charge on any atom is -0.342 e. The molecule has 1 saturated heterocycles. The summed E-state index contributed by atoms with van der Waals surface area (Å²) in [5, 5.41) is 2.97. The quantitative estimate of drug-likeness (QED) is 0.826. The Hall–Kier alpha value is -1.06. The van der Waals surface area contributed by atoms with Crippen molar-refractivity contribution < 1.29 is 9.59 Å². The Bertz CT molecular complexity index is 376. The van der Waals surface area contributed by atoms with Crippen molar-refractivity contribution in [3.63, 3.8) is 0 Å². The summed E-state index contributed by atoms with van der Waals surface area (Å²) in [4.78, 5) is 27.0. The monoisotopic (exact) mass is 266 g/mol. The average Bonchev–Trinajstić information content (AvgIpc) is 3.15. The van der Waals surface area contributed by atoms with Crippen LogP contribution in [-0.2, 0) is 9.59 Å². The van der Waals surface area contributed by atoms with Gasteiger partial charge in [-0.3, -0.25) is 9.59 Å². The van der Waals surface area contributed by atoms with Crippen LogP contribution in [0.1, 0.15) is 53.4 Å². The number of hydrogen-bond donors (Lipinski definition) is 1. The van der Waals surface area contributed by atoms with Crippen molar-refractivity contribution in [1.82, 2.24) is 10.2 Å². The molecule has 2 fully saturated rings. The van der Waals surface area contributed by atoms with Crippen molar-refractivity contribution in [1.29, 1.82) is 0 Å². The Morgan fingerprint density at radius 1 is 1.37 bits per heavy atom. The van der Waals surface area contributed by atoms with Gasteiger partial charge in [0, 0.05) is 6.54 Å². The molecule has 108 valence electrons. The molecule has 0 bridgehead atoms. The number of carbonyl (C=O) groups excluding carboxylic acids is 2. The number of nitrogens with zero attached hydrogens (tertiary/aromatic N) is 1. The van der Waals surface area contributed by atoms with E-state index < -0.39 is 5.54 Å². The first kappa shape index (κ1) is 14.4. The van der Waals surface area contributed by atoms with Crippen LogP contribution in [0.3, 0.4) is 0 Å². The maximum absolute atomic E-state index is 12.7. The van der Waals surface area contributed by atoms with E-state index >= 15 is 0 Å². The minimum atomic E-state index is -0.611. The van der Waals surface area contributed by atoms with E-state index in [9.17, 15) is 9.59 Å². The number of carbonyl (C=O) groups is 2. The zero-order valence-corrected chi connectivity index (χ0v) is 12.5. The summed E-state index contributed by atoms with van der Waals surface area (Å²) in [6.07, 6.45) is 3.75. The SMILES string of the molecule is CCCN1C(=O)C(CC(C)C)NC(=O)C1(C)C1CC1. The molecule has 0 spiro atoms. The molecule has 2 rings (SSSR count). The molecular formula is C15H26N2O2. The molecule has 19 heavy (non-hydrogen) atoms. The molecule has 0 aromatic heterocycles. The van der Waals surface area contributed by atoms with Crippen LogP contribution in [0.15, 0.2) is 0 Å². The largest absolute Gasteiger partial charge is 0.342 e. The van der Waals surface area contributed by atoms with Crippen molar-refractivity contribution in [2.75, 3.05) is 6.54 Å². The first-order chi connectivity index (χ1) is 8.91. The van der Waals surface area contributed by atoms with E-state index in [0.29, 0.717) is 18.4 Å². The second kappa shape index (κ2) is 5.14. The molecule has 0 aromatic rings. The number of amides is 2. The fourth-order valence-electron chi connectivity index (χ4n) is 3.15. The van der Waals surface area contributed by atoms with Crippen LogP contribution in [0.2, 0.25) is 0 Å². The van der Waals surface area contributed by atoms with E-state index in [2.05, 4.69) is 26.1 Å². The van der Waals surface area contributed by atoms with Crippen LogP contribution >= 0.6 is 0 Å². The maximum atomic E-state index is 12.7. The summed E-state index contributed by atoms with van der Waals surface area (Å²) in [7, 11) is 0. The number of nitrogens with one attached hydrogen (secondary N) is 1. The third-order valence-electron chi connectivity index (χ3n) is 4.42. The molecule has 1 N–H and O–H groups in total. The van der Waals surface area contributed by atoms with Crippen LogP contribution in [0, 0.1) is 11.8 Å². The molecule has 2 unspecified atom stereocenters. The van der Waals surface area contributed by atoms with Gasteiger partial charge in [-0.25, -0.2) is 0 Å². The molecule has 0 radical (unpaired) electrons. The molecule has 1 aliphatic carbocycles. The zero-order chi connectivity index (χ0) is 14.2. The predicted molar refractivity (Wildman–Crippen MR) is 74.5 cm³/mol. The van der Waals surface area contributed by atoms with Gasteiger partial charge in [-0.05, 0) is 44.4 Å². The second-order valence-electron chi connectivity index (χ2n) is 6.57. The smallest absolute Gasteiger partial charge is 0.246 e. The van der Waals surface area contributed by atoms with Gasteiger partial charge >= 0.3 is 0 Å². The van der Waals surface area contributed by atoms with Gasteiger partial charge in [0.1, 0.15) is 11.6 Å². The first-order valence-electron chi connectivity index (χ1n) is 7.53. The van der Waals surface area contributed by atoms with Crippen molar-refractivity contribution >= 4 is 11.8 Å². The Kier molecular flexibility index (Phi) is 3.88. The zero-order valence-electron chi connectivity index (χ0n) is 12.5. The molecule has 2 amide bonds. The molecule has 1 aliphatic heterocycles. The van der Waals surface area contributed by atoms with Gasteiger partial charge in [-0.2, -0.15) is 0 Å². The average molecular weight is 266 g/mol. The normalized spacial score (nSPS) is 31.8. The summed E-state index contributed by atoms with van der Waals surface area (Å²) < 4.78 is 0. The highest BCUT2D eigenvalue weighted by Gasteiger charge is 2.56. The Morgan fingerprint density at radius 3 is 2.47 bits per heavy atom. The van der Waals surface area contributed by atoms with E-state index in [1.54, 1.807) is 0 Å². The summed E-state index contributed by atoms with van der Waals surface area (Å²) in [5.74, 6) is 0.921. The molecule has 4 nitrogen and oxygen atoms in total. The Morgan fingerprint density at radius 2 is 2.00 bits per heavy atom. The highest BCUT2D eigenvalue weighted by molar-refractivity contribution is 6.00. The maximum Gasteiger partial charge on any atom is 0.246 e. The topological polar surface area (TPSA) is 49.4 Å². The van der Waals surface area contributed by atoms with Crippen molar-refractivity contribution in [2.24, 2.45) is 11.8 Å². The standard InChI is InChI=1S/C15H26N2O2/c1-5-8-17-13(18)12(9-10(2)3)16-14(19)15(17,4)11-6-7-11/h10-12H,5-9H2,1-4H3,(H,16,19). The molecular weight excluding hydrogens is 240 g/mol. The lowest BCUT2D eigenvalue weighted by Gasteiger charge is -2.47. The summed E-state index contributed by atoms with van der Waals surface area (Å²) in [6, 6.07) is -0.328. The molecule has 1 saturated carbocycles. The molecule has 1 heterocycles. The van der Waals surface area contributed by atoms with Crippen LogP contribution in [0.25, 0.3) is 0 Å². The Labute approximate surface area is 115 Å². The predicted octanol–water partition coefficient (Wildman–Crippen LogP) is 1.94. The lowest BCUT2D eigenvalue weighted by molar-refractivity contribution is -0.158. The third-order valence-corrected chi connectivity index (χ3v) is 4.42. The number of rotatable bonds is 5. The van der Waals surface area contributed by atoms with Crippen LogP contribution in [-0.4, -0.2) is 34.8 Å². The fourth-order valence-corrected chi connectivity index (χ4v) is 3.15. The first-order valence-corrected chi connectivity index (χ1v) is 7.53. The highest BCUT2D eigenvalue weighted by atomic mass is 16.2. The number of piperazine rings is 1. The molecule has 0 aromatic carbocycles. The van der Waals surface area contributed by atoms with E-state index in [1.165, 1.54) is 0 Å². The Balaban J connectivity index is 2.24. The van der Waals surface area contributed by atoms with Crippen LogP contribution in [0.5, 0.6) is 0 Å². The third kappa shape index (κ3) is 2.49. The minimum absolute atomic E-state index is 0.0497. The molecule has 2 atom stereocenters. The second-order valence-corrected chi connectivity index (χ2v) is 6.57. The van der Waals surface area contributed by atoms with Crippen LogP contribution in [0.4, 0.5) is 0 Å². The summed E-state index contributed by atoms with van der Waals surface area (Å²) in [5.41, 5.74) is -0.611. The molecule has 2 aliphatic rings. The van der Waals surface area contributed by atoms with Crippen LogP contribution < -0.4 is 5.32 Å². The van der Waals surface area contributed by atoms with E-state index in [0.717, 1.165) is 25.7 Å². The van der Waals surface area contributed by atoms with Gasteiger partial charge in [0.2, 0.25) is 11.8 Å². The van der Waals surface area contributed by atoms with Crippen molar-refractivity contribution in [2.45, 2.75) is 65.0 Å². The van der Waals surface area contributed by atoms with Crippen molar-refractivity contribution in [3.8, 4) is 0 Å². The van der Waals surface area contributed by atoms with Gasteiger partial charge < -0.3 is 10.2 Å². The van der Waals surface area contributed by atoms with Gasteiger partial charge in [0.25, 0.3) is 0 Å². The highest BCUT2D eigenvalue weighted by Crippen LogP contribution is 2.45. The lowest BCUT2D eigenvalue weighted by Crippen LogP contribution is -2.70. The van der Waals surface area contributed by atoms with E-state index in [1.807, 2.05) is 11.8 Å². The van der Waals surface area contributed by atoms with E-state index in [4.69, 9.17) is 0 Å². The van der Waals surface area contributed by atoms with Gasteiger partial charge in [-0.15, -0.1) is 0 Å². The lowest BCUT2D eigenvalue weighted by atomic mass is 9.86. The van der Waals surface area contributed by atoms with Gasteiger partial charge in [0.15, 0.2) is 0 Å².